The fourth-order valence-corrected chi connectivity index (χ4v) is 3.72. The summed E-state index contributed by atoms with van der Waals surface area (Å²) in [7, 11) is 0. The van der Waals surface area contributed by atoms with Gasteiger partial charge in [-0.05, 0) is 54.9 Å². The summed E-state index contributed by atoms with van der Waals surface area (Å²) < 4.78 is 5.87. The van der Waals surface area contributed by atoms with Crippen molar-refractivity contribution in [1.82, 2.24) is 4.90 Å². The third-order valence-corrected chi connectivity index (χ3v) is 4.95. The standard InChI is InChI=1S/C26H37NO2/c1-20(2)27(25(28)16-21(3)17-26(4,5)6)18-22-12-14-24(15-13-22)29-19-23-10-8-7-9-11-23/h7-15,20-21H,16-19H2,1-6H3. The van der Waals surface area contributed by atoms with Gasteiger partial charge in [-0.1, -0.05) is 70.2 Å². The summed E-state index contributed by atoms with van der Waals surface area (Å²) in [6.07, 6.45) is 1.66. The lowest BCUT2D eigenvalue weighted by Crippen LogP contribution is -2.37. The predicted molar refractivity (Wildman–Crippen MR) is 121 cm³/mol. The van der Waals surface area contributed by atoms with Crippen LogP contribution in [-0.4, -0.2) is 16.8 Å². The first-order valence-electron chi connectivity index (χ1n) is 10.7. The first-order chi connectivity index (χ1) is 13.6. The van der Waals surface area contributed by atoms with Crippen LogP contribution in [0.4, 0.5) is 0 Å². The van der Waals surface area contributed by atoms with Gasteiger partial charge in [-0.25, -0.2) is 0 Å². The molecule has 0 saturated heterocycles. The maximum atomic E-state index is 12.9. The minimum absolute atomic E-state index is 0.179. The molecule has 2 aromatic carbocycles. The molecule has 0 spiro atoms. The van der Waals surface area contributed by atoms with E-state index < -0.39 is 0 Å². The smallest absolute Gasteiger partial charge is 0.223 e. The Balaban J connectivity index is 1.93. The lowest BCUT2D eigenvalue weighted by molar-refractivity contribution is -0.134. The van der Waals surface area contributed by atoms with Gasteiger partial charge in [0.05, 0.1) is 0 Å². The second-order valence-electron chi connectivity index (χ2n) is 9.61. The van der Waals surface area contributed by atoms with Gasteiger partial charge < -0.3 is 9.64 Å². The van der Waals surface area contributed by atoms with Crippen molar-refractivity contribution in [3.05, 3.63) is 65.7 Å². The topological polar surface area (TPSA) is 29.5 Å². The molecule has 3 heteroatoms. The Morgan fingerprint density at radius 2 is 1.55 bits per heavy atom. The minimum Gasteiger partial charge on any atom is -0.489 e. The monoisotopic (exact) mass is 395 g/mol. The van der Waals surface area contributed by atoms with E-state index >= 15 is 0 Å². The Bertz CT molecular complexity index is 745. The average molecular weight is 396 g/mol. The lowest BCUT2D eigenvalue weighted by atomic mass is 9.84. The Kier molecular flexibility index (Phi) is 8.31. The number of nitrogens with zero attached hydrogens (tertiary/aromatic N) is 1. The number of carbonyl (C=O) groups is 1. The molecule has 0 saturated carbocycles. The van der Waals surface area contributed by atoms with Crippen LogP contribution in [0.1, 0.15) is 65.5 Å². The molecule has 2 rings (SSSR count). The molecular weight excluding hydrogens is 358 g/mol. The molecule has 0 aliphatic rings. The van der Waals surface area contributed by atoms with Crippen LogP contribution in [0.2, 0.25) is 0 Å². The van der Waals surface area contributed by atoms with Crippen molar-refractivity contribution in [2.45, 2.75) is 73.6 Å². The molecule has 1 atom stereocenters. The summed E-state index contributed by atoms with van der Waals surface area (Å²) in [5, 5.41) is 0. The second-order valence-corrected chi connectivity index (χ2v) is 9.61. The number of carbonyl (C=O) groups excluding carboxylic acids is 1. The molecule has 29 heavy (non-hydrogen) atoms. The average Bonchev–Trinajstić information content (AvgIpc) is 2.64. The van der Waals surface area contributed by atoms with Crippen LogP contribution in [0.25, 0.3) is 0 Å². The number of ether oxygens (including phenoxy) is 1. The number of hydrogen-bond acceptors (Lipinski definition) is 2. The van der Waals surface area contributed by atoms with Crippen LogP contribution in [-0.2, 0) is 17.9 Å². The highest BCUT2D eigenvalue weighted by molar-refractivity contribution is 5.76. The quantitative estimate of drug-likeness (QED) is 0.487. The van der Waals surface area contributed by atoms with Gasteiger partial charge in [0, 0.05) is 19.0 Å². The highest BCUT2D eigenvalue weighted by Gasteiger charge is 2.22. The molecular formula is C26H37NO2. The molecule has 3 nitrogen and oxygen atoms in total. The molecule has 1 unspecified atom stereocenters. The zero-order valence-corrected chi connectivity index (χ0v) is 18.9. The van der Waals surface area contributed by atoms with Crippen LogP contribution in [0.3, 0.4) is 0 Å². The van der Waals surface area contributed by atoms with Crippen LogP contribution in [0.5, 0.6) is 5.75 Å². The third kappa shape index (κ3) is 8.31. The predicted octanol–water partition coefficient (Wildman–Crippen LogP) is 6.47. The van der Waals surface area contributed by atoms with Gasteiger partial charge in [-0.15, -0.1) is 0 Å². The van der Waals surface area contributed by atoms with Gasteiger partial charge in [0.1, 0.15) is 12.4 Å². The Morgan fingerprint density at radius 3 is 2.10 bits per heavy atom. The number of benzene rings is 2. The fourth-order valence-electron chi connectivity index (χ4n) is 3.72. The summed E-state index contributed by atoms with van der Waals surface area (Å²) in [6, 6.07) is 18.4. The molecule has 1 amide bonds. The molecule has 158 valence electrons. The lowest BCUT2D eigenvalue weighted by Gasteiger charge is -2.30. The van der Waals surface area contributed by atoms with E-state index in [-0.39, 0.29) is 17.4 Å². The van der Waals surface area contributed by atoms with Gasteiger partial charge in [0.2, 0.25) is 5.91 Å². The highest BCUT2D eigenvalue weighted by Crippen LogP contribution is 2.27. The zero-order chi connectivity index (χ0) is 21.4. The van der Waals surface area contributed by atoms with E-state index in [9.17, 15) is 4.79 Å². The van der Waals surface area contributed by atoms with E-state index in [2.05, 4.69) is 65.8 Å². The Hall–Kier alpha value is -2.29. The van der Waals surface area contributed by atoms with Crippen molar-refractivity contribution in [2.24, 2.45) is 11.3 Å². The fraction of sp³-hybridized carbons (Fsp3) is 0.500. The molecule has 0 fully saturated rings. The summed E-state index contributed by atoms with van der Waals surface area (Å²) >= 11 is 0. The summed E-state index contributed by atoms with van der Waals surface area (Å²) in [4.78, 5) is 14.9. The molecule has 0 radical (unpaired) electrons. The third-order valence-electron chi connectivity index (χ3n) is 4.95. The van der Waals surface area contributed by atoms with E-state index in [4.69, 9.17) is 4.74 Å². The molecule has 0 aliphatic carbocycles. The Labute approximate surface area is 177 Å². The second kappa shape index (κ2) is 10.5. The maximum absolute atomic E-state index is 12.9. The number of amides is 1. The number of hydrogen-bond donors (Lipinski definition) is 0. The van der Waals surface area contributed by atoms with E-state index in [0.717, 1.165) is 23.3 Å². The van der Waals surface area contributed by atoms with E-state index in [0.29, 0.717) is 25.5 Å². The molecule has 0 aliphatic heterocycles. The van der Waals surface area contributed by atoms with E-state index in [1.807, 2.05) is 35.2 Å². The summed E-state index contributed by atoms with van der Waals surface area (Å²) in [6.45, 7) is 14.2. The van der Waals surface area contributed by atoms with Gasteiger partial charge in [-0.2, -0.15) is 0 Å². The Morgan fingerprint density at radius 1 is 0.931 bits per heavy atom. The van der Waals surface area contributed by atoms with Crippen LogP contribution in [0.15, 0.2) is 54.6 Å². The van der Waals surface area contributed by atoms with Gasteiger partial charge >= 0.3 is 0 Å². The van der Waals surface area contributed by atoms with Gasteiger partial charge in [0.15, 0.2) is 0 Å². The normalized spacial score (nSPS) is 12.7. The first kappa shape index (κ1) is 23.0. The van der Waals surface area contributed by atoms with Crippen molar-refractivity contribution >= 4 is 5.91 Å². The van der Waals surface area contributed by atoms with E-state index in [1.165, 1.54) is 0 Å². The largest absolute Gasteiger partial charge is 0.489 e. The molecule has 2 aromatic rings. The van der Waals surface area contributed by atoms with Gasteiger partial charge in [-0.3, -0.25) is 4.79 Å². The maximum Gasteiger partial charge on any atom is 0.223 e. The summed E-state index contributed by atoms with van der Waals surface area (Å²) in [5.41, 5.74) is 2.53. The SMILES string of the molecule is CC(CC(=O)N(Cc1ccc(OCc2ccccc2)cc1)C(C)C)CC(C)(C)C. The van der Waals surface area contributed by atoms with Crippen LogP contribution in [0, 0.1) is 11.3 Å². The van der Waals surface area contributed by atoms with Crippen molar-refractivity contribution in [3.8, 4) is 5.75 Å². The van der Waals surface area contributed by atoms with Crippen molar-refractivity contribution in [3.63, 3.8) is 0 Å². The van der Waals surface area contributed by atoms with Gasteiger partial charge in [0.25, 0.3) is 0 Å². The van der Waals surface area contributed by atoms with Crippen LogP contribution >= 0.6 is 0 Å². The summed E-state index contributed by atoms with van der Waals surface area (Å²) in [5.74, 6) is 1.47. The van der Waals surface area contributed by atoms with Crippen molar-refractivity contribution < 1.29 is 9.53 Å². The van der Waals surface area contributed by atoms with Crippen molar-refractivity contribution in [1.29, 1.82) is 0 Å². The molecule has 0 N–H and O–H groups in total. The number of rotatable bonds is 9. The first-order valence-corrected chi connectivity index (χ1v) is 10.7. The minimum atomic E-state index is 0.179. The molecule has 0 bridgehead atoms. The zero-order valence-electron chi connectivity index (χ0n) is 18.9. The highest BCUT2D eigenvalue weighted by atomic mass is 16.5. The molecule has 0 aromatic heterocycles. The van der Waals surface area contributed by atoms with E-state index in [1.54, 1.807) is 0 Å². The van der Waals surface area contributed by atoms with Crippen LogP contribution < -0.4 is 4.74 Å². The molecule has 0 heterocycles. The van der Waals surface area contributed by atoms with Crippen molar-refractivity contribution in [2.75, 3.05) is 0 Å².